The van der Waals surface area contributed by atoms with E-state index in [-0.39, 0.29) is 34.7 Å². The van der Waals surface area contributed by atoms with Gasteiger partial charge >= 0.3 is 0 Å². The number of amides is 2. The number of nitrogens with one attached hydrogen (secondary N) is 1. The molecule has 0 fully saturated rings. The number of aryl methyl sites for hydroxylation is 1. The van der Waals surface area contributed by atoms with Crippen LogP contribution in [0.4, 0.5) is 5.69 Å². The second kappa shape index (κ2) is 14.7. The second-order valence-corrected chi connectivity index (χ2v) is 12.3. The maximum atomic E-state index is 14.2. The molecule has 0 bridgehead atoms. The summed E-state index contributed by atoms with van der Waals surface area (Å²) < 4.78 is 39.9. The van der Waals surface area contributed by atoms with Crippen LogP contribution < -0.4 is 19.1 Å². The minimum Gasteiger partial charge on any atom is -0.497 e. The van der Waals surface area contributed by atoms with E-state index < -0.39 is 28.5 Å². The van der Waals surface area contributed by atoms with Gasteiger partial charge in [-0.25, -0.2) is 8.42 Å². The van der Waals surface area contributed by atoms with Crippen LogP contribution in [0.15, 0.2) is 77.7 Å². The van der Waals surface area contributed by atoms with Gasteiger partial charge in [0.25, 0.3) is 10.0 Å². The number of hydrogen-bond acceptors (Lipinski definition) is 6. The number of anilines is 1. The summed E-state index contributed by atoms with van der Waals surface area (Å²) in [5.41, 5.74) is 2.09. The zero-order valence-electron chi connectivity index (χ0n) is 25.2. The summed E-state index contributed by atoms with van der Waals surface area (Å²) in [6.45, 7) is 7.83. The SMILES string of the molecule is CCC(C(=O)NCC(C)C)N(Cc1ccc(C)cc1)C(=O)CN(c1ccccc1OC)S(=O)(=O)c1ccc(OC)cc1. The van der Waals surface area contributed by atoms with Crippen molar-refractivity contribution in [2.45, 2.75) is 51.6 Å². The number of rotatable bonds is 14. The molecule has 3 aromatic rings. The molecule has 0 aromatic heterocycles. The van der Waals surface area contributed by atoms with Gasteiger partial charge in [-0.05, 0) is 61.2 Å². The van der Waals surface area contributed by atoms with Gasteiger partial charge in [0.1, 0.15) is 24.1 Å². The van der Waals surface area contributed by atoms with Crippen molar-refractivity contribution in [1.82, 2.24) is 10.2 Å². The third-order valence-corrected chi connectivity index (χ3v) is 8.60. The topological polar surface area (TPSA) is 105 Å². The molecule has 3 rings (SSSR count). The molecule has 226 valence electrons. The number of carbonyl (C=O) groups is 2. The first-order valence-electron chi connectivity index (χ1n) is 13.9. The highest BCUT2D eigenvalue weighted by molar-refractivity contribution is 7.92. The van der Waals surface area contributed by atoms with E-state index in [2.05, 4.69) is 5.32 Å². The molecule has 1 N–H and O–H groups in total. The van der Waals surface area contributed by atoms with Gasteiger partial charge in [-0.15, -0.1) is 0 Å². The van der Waals surface area contributed by atoms with Crippen LogP contribution in [-0.4, -0.2) is 58.5 Å². The number of hydrogen-bond donors (Lipinski definition) is 1. The average Bonchev–Trinajstić information content (AvgIpc) is 2.99. The molecule has 2 amide bonds. The highest BCUT2D eigenvalue weighted by Gasteiger charge is 2.34. The van der Waals surface area contributed by atoms with E-state index in [1.54, 1.807) is 36.4 Å². The Labute approximate surface area is 249 Å². The number of para-hydroxylation sites is 2. The minimum atomic E-state index is -4.24. The average molecular weight is 596 g/mol. The Balaban J connectivity index is 2.08. The fourth-order valence-electron chi connectivity index (χ4n) is 4.46. The lowest BCUT2D eigenvalue weighted by molar-refractivity contribution is -0.140. The minimum absolute atomic E-state index is 0.0196. The molecule has 9 nitrogen and oxygen atoms in total. The number of benzene rings is 3. The van der Waals surface area contributed by atoms with Crippen LogP contribution in [0.2, 0.25) is 0 Å². The second-order valence-electron chi connectivity index (χ2n) is 10.4. The smallest absolute Gasteiger partial charge is 0.264 e. The van der Waals surface area contributed by atoms with E-state index in [0.29, 0.717) is 18.7 Å². The van der Waals surface area contributed by atoms with Crippen molar-refractivity contribution in [3.63, 3.8) is 0 Å². The molecular weight excluding hydrogens is 554 g/mol. The molecule has 10 heteroatoms. The predicted molar refractivity (Wildman–Crippen MR) is 164 cm³/mol. The summed E-state index contributed by atoms with van der Waals surface area (Å²) in [5, 5.41) is 2.94. The first-order chi connectivity index (χ1) is 20.0. The summed E-state index contributed by atoms with van der Waals surface area (Å²) in [6, 6.07) is 19.4. The zero-order valence-corrected chi connectivity index (χ0v) is 26.0. The molecule has 0 saturated carbocycles. The van der Waals surface area contributed by atoms with Crippen molar-refractivity contribution in [1.29, 1.82) is 0 Å². The molecule has 1 unspecified atom stereocenters. The molecule has 0 aliphatic carbocycles. The monoisotopic (exact) mass is 595 g/mol. The van der Waals surface area contributed by atoms with E-state index in [1.165, 1.54) is 31.3 Å². The molecule has 0 heterocycles. The van der Waals surface area contributed by atoms with Gasteiger partial charge in [0.2, 0.25) is 11.8 Å². The molecule has 0 saturated heterocycles. The van der Waals surface area contributed by atoms with Crippen LogP contribution in [0.5, 0.6) is 11.5 Å². The number of nitrogens with zero attached hydrogens (tertiary/aromatic N) is 2. The van der Waals surface area contributed by atoms with Crippen molar-refractivity contribution in [2.24, 2.45) is 5.92 Å². The number of methoxy groups -OCH3 is 2. The van der Waals surface area contributed by atoms with E-state index in [9.17, 15) is 18.0 Å². The van der Waals surface area contributed by atoms with Crippen LogP contribution in [0.25, 0.3) is 0 Å². The van der Waals surface area contributed by atoms with Gasteiger partial charge in [-0.2, -0.15) is 0 Å². The fraction of sp³-hybridized carbons (Fsp3) is 0.375. The quantitative estimate of drug-likeness (QED) is 0.288. The third kappa shape index (κ3) is 8.03. The molecule has 0 aliphatic heterocycles. The summed E-state index contributed by atoms with van der Waals surface area (Å²) in [6.07, 6.45) is 0.349. The zero-order chi connectivity index (χ0) is 30.9. The molecule has 0 spiro atoms. The maximum absolute atomic E-state index is 14.2. The van der Waals surface area contributed by atoms with Gasteiger partial charge < -0.3 is 19.7 Å². The molecular formula is C32H41N3O6S. The first kappa shape index (κ1) is 32.5. The van der Waals surface area contributed by atoms with Crippen molar-refractivity contribution in [3.8, 4) is 11.5 Å². The fourth-order valence-corrected chi connectivity index (χ4v) is 5.88. The maximum Gasteiger partial charge on any atom is 0.264 e. The van der Waals surface area contributed by atoms with Crippen LogP contribution in [0.3, 0.4) is 0 Å². The lowest BCUT2D eigenvalue weighted by Gasteiger charge is -2.33. The van der Waals surface area contributed by atoms with E-state index >= 15 is 0 Å². The van der Waals surface area contributed by atoms with E-state index in [4.69, 9.17) is 9.47 Å². The Morgan fingerprint density at radius 2 is 1.55 bits per heavy atom. The Kier molecular flexibility index (Phi) is 11.4. The van der Waals surface area contributed by atoms with E-state index in [0.717, 1.165) is 15.4 Å². The normalized spacial score (nSPS) is 12.0. The molecule has 0 radical (unpaired) electrons. The lowest BCUT2D eigenvalue weighted by Crippen LogP contribution is -2.52. The van der Waals surface area contributed by atoms with Crippen LogP contribution in [-0.2, 0) is 26.2 Å². The highest BCUT2D eigenvalue weighted by atomic mass is 32.2. The van der Waals surface area contributed by atoms with Gasteiger partial charge in [-0.3, -0.25) is 13.9 Å². The molecule has 1 atom stereocenters. The van der Waals surface area contributed by atoms with Gasteiger partial charge in [0.05, 0.1) is 24.8 Å². The highest BCUT2D eigenvalue weighted by Crippen LogP contribution is 2.33. The molecule has 3 aromatic carbocycles. The Bertz CT molecular complexity index is 1440. The number of carbonyl (C=O) groups excluding carboxylic acids is 2. The van der Waals surface area contributed by atoms with Gasteiger partial charge in [-0.1, -0.05) is 62.7 Å². The summed E-state index contributed by atoms with van der Waals surface area (Å²) >= 11 is 0. The largest absolute Gasteiger partial charge is 0.497 e. The summed E-state index contributed by atoms with van der Waals surface area (Å²) in [4.78, 5) is 29.0. The molecule has 0 aliphatic rings. The number of ether oxygens (including phenoxy) is 2. The van der Waals surface area contributed by atoms with Crippen LogP contribution in [0.1, 0.15) is 38.3 Å². The van der Waals surface area contributed by atoms with Crippen molar-refractivity contribution >= 4 is 27.5 Å². The van der Waals surface area contributed by atoms with E-state index in [1.807, 2.05) is 52.0 Å². The van der Waals surface area contributed by atoms with Gasteiger partial charge in [0, 0.05) is 13.1 Å². The van der Waals surface area contributed by atoms with Crippen molar-refractivity contribution in [2.75, 3.05) is 31.6 Å². The predicted octanol–water partition coefficient (Wildman–Crippen LogP) is 4.79. The van der Waals surface area contributed by atoms with Crippen LogP contribution >= 0.6 is 0 Å². The Morgan fingerprint density at radius 3 is 2.12 bits per heavy atom. The summed E-state index contributed by atoms with van der Waals surface area (Å²) in [5.74, 6) is 0.201. The van der Waals surface area contributed by atoms with Crippen LogP contribution in [0, 0.1) is 12.8 Å². The summed E-state index contributed by atoms with van der Waals surface area (Å²) in [7, 11) is -1.31. The van der Waals surface area contributed by atoms with Crippen molar-refractivity contribution < 1.29 is 27.5 Å². The number of sulfonamides is 1. The third-order valence-electron chi connectivity index (χ3n) is 6.82. The Hall–Kier alpha value is -4.05. The van der Waals surface area contributed by atoms with Gasteiger partial charge in [0.15, 0.2) is 0 Å². The molecule has 42 heavy (non-hydrogen) atoms. The van der Waals surface area contributed by atoms with Crippen molar-refractivity contribution in [3.05, 3.63) is 83.9 Å². The first-order valence-corrected chi connectivity index (χ1v) is 15.4. The standard InChI is InChI=1S/C32H41N3O6S/c1-7-28(32(37)33-20-23(2)3)34(21-25-14-12-24(4)13-15-25)31(36)22-35(29-10-8-9-11-30(29)41-6)42(38,39)27-18-16-26(40-5)17-19-27/h8-19,23,28H,7,20-22H2,1-6H3,(H,33,37). The Morgan fingerprint density at radius 1 is 0.905 bits per heavy atom. The lowest BCUT2D eigenvalue weighted by atomic mass is 10.1.